The Labute approximate surface area is 200 Å². The van der Waals surface area contributed by atoms with Crippen LogP contribution in [0.4, 0.5) is 4.39 Å². The van der Waals surface area contributed by atoms with Gasteiger partial charge in [-0.25, -0.2) is 8.96 Å². The number of rotatable bonds is 12. The van der Waals surface area contributed by atoms with Crippen LogP contribution in [0.2, 0.25) is 0 Å². The minimum atomic E-state index is -3.64. The molecule has 0 unspecified atom stereocenters. The number of para-hydroxylation sites is 1. The fraction of sp³-hybridized carbons (Fsp3) is 0.458. The summed E-state index contributed by atoms with van der Waals surface area (Å²) < 4.78 is 49.6. The maximum absolute atomic E-state index is 14.3. The van der Waals surface area contributed by atoms with Gasteiger partial charge in [-0.3, -0.25) is 4.90 Å². The number of ether oxygens (including phenoxy) is 1. The van der Waals surface area contributed by atoms with Gasteiger partial charge >= 0.3 is 10.2 Å². The average Bonchev–Trinajstić information content (AvgIpc) is 3.50. The third-order valence-electron chi connectivity index (χ3n) is 6.07. The Morgan fingerprint density at radius 1 is 1.09 bits per heavy atom. The van der Waals surface area contributed by atoms with Crippen molar-refractivity contribution in [3.63, 3.8) is 0 Å². The van der Waals surface area contributed by atoms with Crippen LogP contribution in [-0.4, -0.2) is 73.0 Å². The zero-order valence-electron chi connectivity index (χ0n) is 19.5. The molecular weight excluding hydrogens is 457 g/mol. The van der Waals surface area contributed by atoms with Gasteiger partial charge in [-0.1, -0.05) is 24.3 Å². The molecular formula is C24H32FN5O3S. The van der Waals surface area contributed by atoms with Crippen LogP contribution in [0.15, 0.2) is 48.8 Å². The van der Waals surface area contributed by atoms with Crippen LogP contribution >= 0.6 is 0 Å². The number of hydrogen-bond donors (Lipinski definition) is 1. The summed E-state index contributed by atoms with van der Waals surface area (Å²) in [4.78, 5) is 5.83. The Balaban J connectivity index is 1.61. The minimum absolute atomic E-state index is 0.341. The predicted octanol–water partition coefficient (Wildman–Crippen LogP) is 2.60. The molecule has 0 atom stereocenters. The molecule has 1 fully saturated rings. The van der Waals surface area contributed by atoms with Crippen molar-refractivity contribution in [2.75, 3.05) is 46.4 Å². The van der Waals surface area contributed by atoms with Crippen LogP contribution in [0.25, 0.3) is 10.9 Å². The van der Waals surface area contributed by atoms with E-state index in [1.165, 1.54) is 10.2 Å². The van der Waals surface area contributed by atoms with Crippen LogP contribution in [0.3, 0.4) is 0 Å². The molecule has 0 spiro atoms. The molecule has 1 aliphatic rings. The minimum Gasteiger partial charge on any atom is -0.379 e. The monoisotopic (exact) mass is 489 g/mol. The number of benzene rings is 1. The van der Waals surface area contributed by atoms with E-state index >= 15 is 0 Å². The fourth-order valence-corrected chi connectivity index (χ4v) is 5.92. The van der Waals surface area contributed by atoms with Gasteiger partial charge in [0.05, 0.1) is 18.7 Å². The van der Waals surface area contributed by atoms with Crippen LogP contribution in [0.1, 0.15) is 24.0 Å². The first-order chi connectivity index (χ1) is 16.5. The molecule has 1 saturated heterocycles. The highest BCUT2D eigenvalue weighted by Crippen LogP contribution is 2.27. The van der Waals surface area contributed by atoms with Crippen molar-refractivity contribution < 1.29 is 17.5 Å². The lowest BCUT2D eigenvalue weighted by Crippen LogP contribution is -2.32. The van der Waals surface area contributed by atoms with Gasteiger partial charge in [0.15, 0.2) is 0 Å². The molecule has 1 aliphatic heterocycles. The number of hydrogen-bond acceptors (Lipinski definition) is 6. The van der Waals surface area contributed by atoms with Crippen molar-refractivity contribution in [1.82, 2.24) is 23.5 Å². The van der Waals surface area contributed by atoms with Gasteiger partial charge < -0.3 is 10.1 Å². The highest BCUT2D eigenvalue weighted by atomic mass is 32.2. The van der Waals surface area contributed by atoms with E-state index in [2.05, 4.69) is 15.2 Å². The standard InChI is InChI=1S/C24H32FN5O3S/c1-26-11-15-33-16-14-28(17-20-7-6-10-27-24(20)25)18-21-19-30(23-9-3-2-8-22(21)23)34(31,32)29-12-4-5-13-29/h2-3,6-10,19,26H,4-5,11-18H2,1H3. The molecule has 4 rings (SSSR count). The average molecular weight is 490 g/mol. The molecule has 0 bridgehead atoms. The summed E-state index contributed by atoms with van der Waals surface area (Å²) in [5, 5.41) is 3.92. The third-order valence-corrected chi connectivity index (χ3v) is 7.89. The molecule has 0 radical (unpaired) electrons. The molecule has 3 heterocycles. The summed E-state index contributed by atoms with van der Waals surface area (Å²) in [5.74, 6) is -0.498. The second-order valence-corrected chi connectivity index (χ2v) is 10.3. The molecule has 1 N–H and O–H groups in total. The Hall–Kier alpha value is -2.37. The number of nitrogens with one attached hydrogen (secondary N) is 1. The Morgan fingerprint density at radius 3 is 2.62 bits per heavy atom. The van der Waals surface area contributed by atoms with Gasteiger partial charge in [-0.05, 0) is 37.6 Å². The van der Waals surface area contributed by atoms with E-state index in [4.69, 9.17) is 4.74 Å². The van der Waals surface area contributed by atoms with Crippen molar-refractivity contribution in [1.29, 1.82) is 0 Å². The predicted molar refractivity (Wildman–Crippen MR) is 130 cm³/mol. The van der Waals surface area contributed by atoms with Crippen LogP contribution in [0, 0.1) is 5.95 Å². The third kappa shape index (κ3) is 5.64. The van der Waals surface area contributed by atoms with Gasteiger partial charge in [-0.2, -0.15) is 17.1 Å². The number of fused-ring (bicyclic) bond motifs is 1. The SMILES string of the molecule is CNCCOCCN(Cc1cccnc1F)Cc1cn(S(=O)(=O)N2CCCC2)c2ccccc12. The summed E-state index contributed by atoms with van der Waals surface area (Å²) in [6.07, 6.45) is 4.90. The zero-order chi connectivity index (χ0) is 24.0. The summed E-state index contributed by atoms with van der Waals surface area (Å²) in [5.41, 5.74) is 2.02. The molecule has 0 saturated carbocycles. The van der Waals surface area contributed by atoms with Gasteiger partial charge in [0.2, 0.25) is 5.95 Å². The van der Waals surface area contributed by atoms with Gasteiger partial charge in [0, 0.05) is 62.6 Å². The normalized spacial score (nSPS) is 15.0. The van der Waals surface area contributed by atoms with Crippen LogP contribution in [0.5, 0.6) is 0 Å². The van der Waals surface area contributed by atoms with E-state index in [1.807, 2.05) is 31.3 Å². The van der Waals surface area contributed by atoms with E-state index in [9.17, 15) is 12.8 Å². The Morgan fingerprint density at radius 2 is 1.85 bits per heavy atom. The zero-order valence-corrected chi connectivity index (χ0v) is 20.3. The second-order valence-electron chi connectivity index (χ2n) is 8.46. The first-order valence-corrected chi connectivity index (χ1v) is 13.0. The molecule has 184 valence electrons. The molecule has 34 heavy (non-hydrogen) atoms. The quantitative estimate of drug-likeness (QED) is 0.311. The lowest BCUT2D eigenvalue weighted by atomic mass is 10.1. The Kier molecular flexibility index (Phi) is 8.28. The number of pyridine rings is 1. The first-order valence-electron chi connectivity index (χ1n) is 11.6. The molecule has 10 heteroatoms. The molecule has 1 aromatic carbocycles. The maximum Gasteiger partial charge on any atom is 0.307 e. The number of likely N-dealkylation sites (N-methyl/N-ethyl adjacent to an activating group) is 1. The van der Waals surface area contributed by atoms with E-state index < -0.39 is 16.2 Å². The second kappa shape index (κ2) is 11.4. The lowest BCUT2D eigenvalue weighted by molar-refractivity contribution is 0.100. The van der Waals surface area contributed by atoms with Gasteiger partial charge in [0.25, 0.3) is 0 Å². The van der Waals surface area contributed by atoms with E-state index in [0.29, 0.717) is 57.0 Å². The fourth-order valence-electron chi connectivity index (χ4n) is 4.28. The highest BCUT2D eigenvalue weighted by molar-refractivity contribution is 7.87. The van der Waals surface area contributed by atoms with Crippen molar-refractivity contribution in [3.05, 3.63) is 65.9 Å². The largest absolute Gasteiger partial charge is 0.379 e. The van der Waals surface area contributed by atoms with Crippen LogP contribution < -0.4 is 5.32 Å². The number of halogens is 1. The van der Waals surface area contributed by atoms with Crippen molar-refractivity contribution in [2.45, 2.75) is 25.9 Å². The van der Waals surface area contributed by atoms with Gasteiger partial charge in [-0.15, -0.1) is 0 Å². The number of aromatic nitrogens is 2. The summed E-state index contributed by atoms with van der Waals surface area (Å²) in [6.45, 7) is 4.25. The molecule has 3 aromatic rings. The molecule has 0 amide bonds. The molecule has 8 nitrogen and oxygen atoms in total. The Bertz CT molecular complexity index is 1190. The summed E-state index contributed by atoms with van der Waals surface area (Å²) >= 11 is 0. The topological polar surface area (TPSA) is 79.7 Å². The maximum atomic E-state index is 14.3. The van der Waals surface area contributed by atoms with E-state index in [1.54, 1.807) is 22.6 Å². The van der Waals surface area contributed by atoms with Crippen molar-refractivity contribution in [3.8, 4) is 0 Å². The molecule has 2 aromatic heterocycles. The lowest BCUT2D eigenvalue weighted by Gasteiger charge is -2.22. The summed E-state index contributed by atoms with van der Waals surface area (Å²) in [7, 11) is -1.78. The smallest absolute Gasteiger partial charge is 0.307 e. The highest BCUT2D eigenvalue weighted by Gasteiger charge is 2.29. The first kappa shape index (κ1) is 24.7. The van der Waals surface area contributed by atoms with E-state index in [0.717, 1.165) is 30.3 Å². The van der Waals surface area contributed by atoms with E-state index in [-0.39, 0.29) is 0 Å². The van der Waals surface area contributed by atoms with Gasteiger partial charge in [0.1, 0.15) is 0 Å². The number of nitrogens with zero attached hydrogens (tertiary/aromatic N) is 4. The summed E-state index contributed by atoms with van der Waals surface area (Å²) in [6, 6.07) is 11.0. The van der Waals surface area contributed by atoms with Crippen molar-refractivity contribution >= 4 is 21.1 Å². The molecule has 0 aliphatic carbocycles. The van der Waals surface area contributed by atoms with Crippen LogP contribution in [-0.2, 0) is 28.0 Å². The van der Waals surface area contributed by atoms with Crippen molar-refractivity contribution in [2.24, 2.45) is 0 Å².